The molecule has 30 heavy (non-hydrogen) atoms. The molecule has 3 aromatic heterocycles. The number of aromatic amines is 2. The number of hydrogen-bond donors (Lipinski definition) is 3. The van der Waals surface area contributed by atoms with Crippen molar-refractivity contribution in [2.45, 2.75) is 0 Å². The second kappa shape index (κ2) is 8.21. The van der Waals surface area contributed by atoms with Crippen molar-refractivity contribution in [3.8, 4) is 11.6 Å². The Balaban J connectivity index is 1.62. The lowest BCUT2D eigenvalue weighted by molar-refractivity contribution is 0.261. The van der Waals surface area contributed by atoms with Gasteiger partial charge in [-0.3, -0.25) is 4.98 Å². The smallest absolute Gasteiger partial charge is 0.326 e. The summed E-state index contributed by atoms with van der Waals surface area (Å²) in [6.07, 6.45) is 4.93. The van der Waals surface area contributed by atoms with Crippen molar-refractivity contribution in [3.05, 3.63) is 69.6 Å². The summed E-state index contributed by atoms with van der Waals surface area (Å²) in [5.74, 6) is 0.542. The van der Waals surface area contributed by atoms with E-state index in [2.05, 4.69) is 29.9 Å². The van der Waals surface area contributed by atoms with Gasteiger partial charge in [0.1, 0.15) is 18.1 Å². The van der Waals surface area contributed by atoms with Crippen molar-refractivity contribution in [2.75, 3.05) is 27.2 Å². The zero-order chi connectivity index (χ0) is 21.1. The van der Waals surface area contributed by atoms with Crippen LogP contribution in [0.5, 0.6) is 11.6 Å². The largest absolute Gasteiger partial charge is 0.493 e. The Hall–Kier alpha value is -3.92. The van der Waals surface area contributed by atoms with Crippen LogP contribution in [0.4, 0.5) is 5.69 Å². The van der Waals surface area contributed by atoms with Crippen molar-refractivity contribution in [2.24, 2.45) is 4.99 Å². The average molecular weight is 407 g/mol. The Kier molecular flexibility index (Phi) is 5.31. The first-order chi connectivity index (χ1) is 14.5. The van der Waals surface area contributed by atoms with E-state index in [1.165, 1.54) is 0 Å². The molecule has 1 aromatic carbocycles. The lowest BCUT2D eigenvalue weighted by Crippen LogP contribution is -2.19. The molecule has 0 amide bonds. The molecule has 4 aromatic rings. The van der Waals surface area contributed by atoms with Crippen LogP contribution in [-0.2, 0) is 0 Å². The number of hydrogen-bond acceptors (Lipinski definition) is 7. The van der Waals surface area contributed by atoms with Gasteiger partial charge in [0.05, 0.1) is 11.9 Å². The lowest BCUT2D eigenvalue weighted by Gasteiger charge is -2.10. The van der Waals surface area contributed by atoms with Crippen LogP contribution < -0.4 is 21.1 Å². The van der Waals surface area contributed by atoms with Gasteiger partial charge in [-0.25, -0.2) is 19.3 Å². The Morgan fingerprint density at radius 1 is 1.23 bits per heavy atom. The summed E-state index contributed by atoms with van der Waals surface area (Å²) in [5.41, 5.74) is 1.55. The van der Waals surface area contributed by atoms with Gasteiger partial charge in [-0.2, -0.15) is 5.10 Å². The first-order valence-electron chi connectivity index (χ1n) is 9.28. The molecule has 0 aliphatic carbocycles. The number of nitrogens with zero attached hydrogens (tertiary/aromatic N) is 5. The Bertz CT molecular complexity index is 1330. The Labute approximate surface area is 170 Å². The highest BCUT2D eigenvalue weighted by molar-refractivity contribution is 5.56. The molecular formula is C20H21N7O3. The first kappa shape index (κ1) is 19.4. The molecule has 0 aliphatic heterocycles. The van der Waals surface area contributed by atoms with E-state index in [-0.39, 0.29) is 11.6 Å². The number of aromatic nitrogens is 5. The summed E-state index contributed by atoms with van der Waals surface area (Å²) in [4.78, 5) is 27.2. The van der Waals surface area contributed by atoms with Gasteiger partial charge in [0, 0.05) is 24.0 Å². The second-order valence-corrected chi connectivity index (χ2v) is 6.90. The average Bonchev–Trinajstić information content (AvgIpc) is 3.25. The topological polar surface area (TPSA) is 124 Å². The van der Waals surface area contributed by atoms with E-state index in [1.807, 2.05) is 38.4 Å². The molecule has 0 spiro atoms. The van der Waals surface area contributed by atoms with Gasteiger partial charge in [0.15, 0.2) is 11.1 Å². The van der Waals surface area contributed by atoms with E-state index in [4.69, 9.17) is 4.74 Å². The summed E-state index contributed by atoms with van der Waals surface area (Å²) in [7, 11) is 4.00. The highest BCUT2D eigenvalue weighted by Gasteiger charge is 2.05. The molecule has 10 nitrogen and oxygen atoms in total. The van der Waals surface area contributed by atoms with Crippen LogP contribution in [0.15, 0.2) is 52.5 Å². The summed E-state index contributed by atoms with van der Waals surface area (Å²) in [6, 6.07) is 9.22. The van der Waals surface area contributed by atoms with Crippen LogP contribution in [0.3, 0.4) is 0 Å². The van der Waals surface area contributed by atoms with E-state index in [0.29, 0.717) is 23.0 Å². The summed E-state index contributed by atoms with van der Waals surface area (Å²) in [6.45, 7) is 1.46. The molecule has 0 saturated heterocycles. The molecule has 0 radical (unpaired) electrons. The standard InChI is InChI=1S/C20H21N7O3/c1-26(2)9-10-30-15-5-3-14(4-6-15)22-17-7-8-27-18(24-17)13(12-21-27)11-16-19(28)25-20(29)23-16/h3-8,11-12,28H,9-10H2,1-2H3,(H2,23,25,29). The predicted molar refractivity (Wildman–Crippen MR) is 111 cm³/mol. The van der Waals surface area contributed by atoms with Gasteiger partial charge in [-0.15, -0.1) is 0 Å². The minimum absolute atomic E-state index is 0.243. The van der Waals surface area contributed by atoms with Crippen molar-refractivity contribution in [1.29, 1.82) is 0 Å². The Morgan fingerprint density at radius 3 is 2.73 bits per heavy atom. The molecule has 0 atom stereocenters. The Morgan fingerprint density at radius 2 is 2.03 bits per heavy atom. The van der Waals surface area contributed by atoms with Gasteiger partial charge in [0.25, 0.3) is 0 Å². The van der Waals surface area contributed by atoms with E-state index in [9.17, 15) is 9.90 Å². The molecule has 0 unspecified atom stereocenters. The number of nitrogens with one attached hydrogen (secondary N) is 2. The molecule has 3 N–H and O–H groups in total. The zero-order valence-electron chi connectivity index (χ0n) is 16.5. The van der Waals surface area contributed by atoms with Gasteiger partial charge in [-0.05, 0) is 44.4 Å². The van der Waals surface area contributed by atoms with E-state index >= 15 is 0 Å². The number of aromatic hydroxyl groups is 1. The molecule has 3 heterocycles. The second-order valence-electron chi connectivity index (χ2n) is 6.90. The maximum atomic E-state index is 11.3. The molecule has 0 fully saturated rings. The normalized spacial score (nSPS) is 12.9. The number of rotatable bonds is 6. The number of imidazole rings is 1. The minimum atomic E-state index is -0.493. The first-order valence-corrected chi connectivity index (χ1v) is 9.28. The zero-order valence-corrected chi connectivity index (χ0v) is 16.5. The third-order valence-corrected chi connectivity index (χ3v) is 4.30. The monoisotopic (exact) mass is 407 g/mol. The van der Waals surface area contributed by atoms with Crippen LogP contribution in [0.1, 0.15) is 5.69 Å². The third kappa shape index (κ3) is 4.39. The summed E-state index contributed by atoms with van der Waals surface area (Å²) in [5, 5.41) is 14.6. The molecule has 154 valence electrons. The fraction of sp³-hybridized carbons (Fsp3) is 0.200. The van der Waals surface area contributed by atoms with Crippen LogP contribution in [0.25, 0.3) is 11.7 Å². The van der Waals surface area contributed by atoms with Gasteiger partial charge < -0.3 is 19.7 Å². The van der Waals surface area contributed by atoms with E-state index in [0.717, 1.165) is 18.0 Å². The SMILES string of the molecule is CN(C)CCOc1ccc(N=c2ccn3ncc(=Cc4[nH]c(=O)[nH]c4O)c3n2)cc1. The van der Waals surface area contributed by atoms with Crippen LogP contribution in [0, 0.1) is 0 Å². The number of H-pyrrole nitrogens is 2. The van der Waals surface area contributed by atoms with Gasteiger partial charge >= 0.3 is 5.69 Å². The van der Waals surface area contributed by atoms with Crippen molar-refractivity contribution in [3.63, 3.8) is 0 Å². The van der Waals surface area contributed by atoms with Crippen molar-refractivity contribution in [1.82, 2.24) is 29.5 Å². The number of likely N-dealkylation sites (N-methyl/N-ethyl adjacent to an activating group) is 1. The van der Waals surface area contributed by atoms with E-state index < -0.39 is 5.69 Å². The van der Waals surface area contributed by atoms with E-state index in [1.54, 1.807) is 29.1 Å². The highest BCUT2D eigenvalue weighted by Crippen LogP contribution is 2.17. The molecule has 10 heteroatoms. The van der Waals surface area contributed by atoms with Gasteiger partial charge in [0.2, 0.25) is 5.88 Å². The number of ether oxygens (including phenoxy) is 1. The molecule has 0 saturated carbocycles. The molecule has 0 aliphatic rings. The number of benzene rings is 1. The number of fused-ring (bicyclic) bond motifs is 1. The fourth-order valence-corrected chi connectivity index (χ4v) is 2.78. The molecule has 0 bridgehead atoms. The van der Waals surface area contributed by atoms with Crippen LogP contribution in [-0.4, -0.2) is 61.8 Å². The predicted octanol–water partition coefficient (Wildman–Crippen LogP) is 0.172. The third-order valence-electron chi connectivity index (χ3n) is 4.30. The maximum Gasteiger partial charge on any atom is 0.326 e. The van der Waals surface area contributed by atoms with Crippen LogP contribution in [0.2, 0.25) is 0 Å². The lowest BCUT2D eigenvalue weighted by atomic mass is 10.3. The summed E-state index contributed by atoms with van der Waals surface area (Å²) >= 11 is 0. The van der Waals surface area contributed by atoms with Crippen molar-refractivity contribution >= 4 is 17.4 Å². The quantitative estimate of drug-likeness (QED) is 0.419. The highest BCUT2D eigenvalue weighted by atomic mass is 16.5. The van der Waals surface area contributed by atoms with Crippen LogP contribution >= 0.6 is 0 Å². The fourth-order valence-electron chi connectivity index (χ4n) is 2.78. The molecule has 4 rings (SSSR count). The minimum Gasteiger partial charge on any atom is -0.493 e. The summed E-state index contributed by atoms with van der Waals surface area (Å²) < 4.78 is 7.28. The molecular weight excluding hydrogens is 386 g/mol. The maximum absolute atomic E-state index is 11.3. The van der Waals surface area contributed by atoms with Gasteiger partial charge in [-0.1, -0.05) is 0 Å². The van der Waals surface area contributed by atoms with Crippen molar-refractivity contribution < 1.29 is 9.84 Å².